The normalized spacial score (nSPS) is 21.0. The lowest BCUT2D eigenvalue weighted by Gasteiger charge is -2.24. The first-order valence-corrected chi connectivity index (χ1v) is 11.4. The van der Waals surface area contributed by atoms with E-state index >= 15 is 0 Å². The number of methoxy groups -OCH3 is 1. The second kappa shape index (κ2) is 11.2. The van der Waals surface area contributed by atoms with Crippen molar-refractivity contribution in [1.29, 1.82) is 0 Å². The van der Waals surface area contributed by atoms with Gasteiger partial charge in [-0.3, -0.25) is 4.79 Å². The quantitative estimate of drug-likeness (QED) is 0.438. The molecule has 2 aliphatic rings. The molecule has 7 heteroatoms. The van der Waals surface area contributed by atoms with E-state index in [4.69, 9.17) is 23.7 Å². The van der Waals surface area contributed by atoms with E-state index in [0.29, 0.717) is 30.5 Å². The summed E-state index contributed by atoms with van der Waals surface area (Å²) in [5.41, 5.74) is 0.965. The van der Waals surface area contributed by atoms with Gasteiger partial charge in [0.1, 0.15) is 11.5 Å². The van der Waals surface area contributed by atoms with Crippen LogP contribution in [-0.2, 0) is 9.47 Å². The number of ketones is 1. The van der Waals surface area contributed by atoms with Crippen molar-refractivity contribution in [3.63, 3.8) is 0 Å². The molecular formula is C26H30O7. The van der Waals surface area contributed by atoms with Crippen LogP contribution in [0.5, 0.6) is 23.0 Å². The fourth-order valence-electron chi connectivity index (χ4n) is 3.85. The van der Waals surface area contributed by atoms with Crippen LogP contribution in [0.4, 0.5) is 0 Å². The molecule has 2 saturated heterocycles. The van der Waals surface area contributed by atoms with Crippen LogP contribution in [0.1, 0.15) is 54.4 Å². The van der Waals surface area contributed by atoms with Crippen molar-refractivity contribution >= 4 is 11.9 Å². The fraction of sp³-hybridized carbons (Fsp3) is 0.423. The average molecular weight is 455 g/mol. The van der Waals surface area contributed by atoms with Crippen LogP contribution in [0.25, 0.3) is 6.08 Å². The van der Waals surface area contributed by atoms with Gasteiger partial charge in [-0.1, -0.05) is 12.1 Å². The zero-order chi connectivity index (χ0) is 23.0. The number of aromatic hydroxyl groups is 1. The molecule has 2 fully saturated rings. The topological polar surface area (TPSA) is 83.5 Å². The maximum Gasteiger partial charge on any atom is 0.200 e. The van der Waals surface area contributed by atoms with Crippen molar-refractivity contribution in [1.82, 2.24) is 0 Å². The molecule has 0 radical (unpaired) electrons. The zero-order valence-electron chi connectivity index (χ0n) is 18.8. The van der Waals surface area contributed by atoms with Gasteiger partial charge in [-0.25, -0.2) is 0 Å². The summed E-state index contributed by atoms with van der Waals surface area (Å²) in [7, 11) is 1.58. The van der Waals surface area contributed by atoms with Crippen molar-refractivity contribution in [3.05, 3.63) is 53.6 Å². The Labute approximate surface area is 193 Å². The molecule has 0 saturated carbocycles. The first-order chi connectivity index (χ1) is 16.1. The van der Waals surface area contributed by atoms with E-state index in [-0.39, 0.29) is 29.7 Å². The second-order valence-electron chi connectivity index (χ2n) is 8.11. The number of hydrogen-bond donors (Lipinski definition) is 1. The van der Waals surface area contributed by atoms with Crippen LogP contribution in [0.2, 0.25) is 0 Å². The molecule has 0 aliphatic carbocycles. The molecular weight excluding hydrogens is 424 g/mol. The third kappa shape index (κ3) is 6.27. The Hall–Kier alpha value is -3.03. The number of allylic oxidation sites excluding steroid dienone is 1. The summed E-state index contributed by atoms with van der Waals surface area (Å²) in [6.07, 6.45) is 8.29. The van der Waals surface area contributed by atoms with Crippen LogP contribution in [0.3, 0.4) is 0 Å². The Bertz CT molecular complexity index is 973. The van der Waals surface area contributed by atoms with Gasteiger partial charge in [0.05, 0.1) is 25.9 Å². The Kier molecular flexibility index (Phi) is 7.86. The Morgan fingerprint density at radius 1 is 0.939 bits per heavy atom. The standard InChI is InChI=1S/C26H30O7/c1-29-23-13-9-18(16-24(23)33-26-7-3-5-15-31-26)8-12-21(27)20-11-10-19(17-22(20)28)32-25-6-2-4-14-30-25/h8-13,16-17,25-26,28H,2-7,14-15H2,1H3/b12-8+. The smallest absolute Gasteiger partial charge is 0.200 e. The summed E-state index contributed by atoms with van der Waals surface area (Å²) in [5, 5.41) is 10.4. The second-order valence-corrected chi connectivity index (χ2v) is 8.11. The lowest BCUT2D eigenvalue weighted by atomic mass is 10.1. The molecule has 4 rings (SSSR count). The Balaban J connectivity index is 1.42. The van der Waals surface area contributed by atoms with Gasteiger partial charge in [0.2, 0.25) is 0 Å². The first kappa shape index (κ1) is 23.1. The molecule has 0 amide bonds. The minimum atomic E-state index is -0.318. The van der Waals surface area contributed by atoms with Gasteiger partial charge < -0.3 is 28.8 Å². The molecule has 2 unspecified atom stereocenters. The van der Waals surface area contributed by atoms with Gasteiger partial charge in [-0.15, -0.1) is 0 Å². The van der Waals surface area contributed by atoms with Gasteiger partial charge >= 0.3 is 0 Å². The average Bonchev–Trinajstić information content (AvgIpc) is 2.84. The maximum absolute atomic E-state index is 12.7. The van der Waals surface area contributed by atoms with E-state index < -0.39 is 0 Å². The first-order valence-electron chi connectivity index (χ1n) is 11.4. The van der Waals surface area contributed by atoms with Crippen LogP contribution >= 0.6 is 0 Å². The molecule has 33 heavy (non-hydrogen) atoms. The number of rotatable bonds is 8. The predicted molar refractivity (Wildman–Crippen MR) is 123 cm³/mol. The van der Waals surface area contributed by atoms with E-state index in [1.807, 2.05) is 12.1 Å². The van der Waals surface area contributed by atoms with Gasteiger partial charge in [0, 0.05) is 18.9 Å². The van der Waals surface area contributed by atoms with Gasteiger partial charge in [0.15, 0.2) is 29.9 Å². The molecule has 0 bridgehead atoms. The summed E-state index contributed by atoms with van der Waals surface area (Å²) >= 11 is 0. The molecule has 0 aromatic heterocycles. The molecule has 176 valence electrons. The van der Waals surface area contributed by atoms with Crippen molar-refractivity contribution in [3.8, 4) is 23.0 Å². The van der Waals surface area contributed by atoms with E-state index in [2.05, 4.69) is 0 Å². The Morgan fingerprint density at radius 2 is 1.67 bits per heavy atom. The van der Waals surface area contributed by atoms with E-state index in [0.717, 1.165) is 44.1 Å². The summed E-state index contributed by atoms with van der Waals surface area (Å²) in [6, 6.07) is 10.1. The minimum Gasteiger partial charge on any atom is -0.507 e. The molecule has 2 atom stereocenters. The van der Waals surface area contributed by atoms with E-state index in [9.17, 15) is 9.90 Å². The number of ether oxygens (including phenoxy) is 5. The summed E-state index contributed by atoms with van der Waals surface area (Å²) < 4.78 is 28.3. The highest BCUT2D eigenvalue weighted by Crippen LogP contribution is 2.32. The summed E-state index contributed by atoms with van der Waals surface area (Å²) in [5.74, 6) is 1.19. The van der Waals surface area contributed by atoms with E-state index in [1.165, 1.54) is 12.1 Å². The largest absolute Gasteiger partial charge is 0.507 e. The SMILES string of the molecule is COc1ccc(/C=C/C(=O)c2ccc(OC3CCCCO3)cc2O)cc1OC1CCCCO1. The van der Waals surface area contributed by atoms with Crippen molar-refractivity contribution in [2.24, 2.45) is 0 Å². The van der Waals surface area contributed by atoms with Gasteiger partial charge in [0.25, 0.3) is 0 Å². The monoisotopic (exact) mass is 454 g/mol. The third-order valence-corrected chi connectivity index (χ3v) is 5.65. The molecule has 0 spiro atoms. The lowest BCUT2D eigenvalue weighted by Crippen LogP contribution is -2.25. The predicted octanol–water partition coefficient (Wildman–Crippen LogP) is 5.11. The van der Waals surface area contributed by atoms with E-state index in [1.54, 1.807) is 31.4 Å². The van der Waals surface area contributed by atoms with Crippen molar-refractivity contribution in [2.75, 3.05) is 20.3 Å². The van der Waals surface area contributed by atoms with Crippen molar-refractivity contribution in [2.45, 2.75) is 51.1 Å². The maximum atomic E-state index is 12.7. The number of hydrogen-bond acceptors (Lipinski definition) is 7. The zero-order valence-corrected chi connectivity index (χ0v) is 18.8. The number of benzene rings is 2. The highest BCUT2D eigenvalue weighted by molar-refractivity contribution is 6.08. The van der Waals surface area contributed by atoms with Crippen LogP contribution in [0, 0.1) is 0 Å². The van der Waals surface area contributed by atoms with Crippen molar-refractivity contribution < 1.29 is 33.6 Å². The lowest BCUT2D eigenvalue weighted by molar-refractivity contribution is -0.106. The molecule has 2 aromatic carbocycles. The summed E-state index contributed by atoms with van der Waals surface area (Å²) in [4.78, 5) is 12.7. The molecule has 2 aromatic rings. The number of phenolic OH excluding ortho intramolecular Hbond substituents is 1. The molecule has 2 aliphatic heterocycles. The highest BCUT2D eigenvalue weighted by Gasteiger charge is 2.18. The minimum absolute atomic E-state index is 0.133. The third-order valence-electron chi connectivity index (χ3n) is 5.65. The van der Waals surface area contributed by atoms with Gasteiger partial charge in [-0.2, -0.15) is 0 Å². The number of phenols is 1. The molecule has 2 heterocycles. The number of carbonyl (C=O) groups excluding carboxylic acids is 1. The Morgan fingerprint density at radius 3 is 2.30 bits per heavy atom. The molecule has 1 N–H and O–H groups in total. The van der Waals surface area contributed by atoms with Gasteiger partial charge in [-0.05, 0) is 61.6 Å². The fourth-order valence-corrected chi connectivity index (χ4v) is 3.85. The molecule has 7 nitrogen and oxygen atoms in total. The highest BCUT2D eigenvalue weighted by atomic mass is 16.7. The number of carbonyl (C=O) groups is 1. The van der Waals surface area contributed by atoms with Crippen LogP contribution < -0.4 is 14.2 Å². The van der Waals surface area contributed by atoms with Crippen LogP contribution in [0.15, 0.2) is 42.5 Å². The van der Waals surface area contributed by atoms with Crippen LogP contribution in [-0.4, -0.2) is 43.8 Å². The summed E-state index contributed by atoms with van der Waals surface area (Å²) in [6.45, 7) is 1.35.